The first-order valence-corrected chi connectivity index (χ1v) is 7.27. The van der Waals surface area contributed by atoms with Crippen LogP contribution in [0.5, 0.6) is 0 Å². The largest absolute Gasteiger partial charge is 0.480 e. The van der Waals surface area contributed by atoms with Crippen molar-refractivity contribution >= 4 is 17.8 Å². The van der Waals surface area contributed by atoms with Gasteiger partial charge in [0, 0.05) is 13.6 Å². The summed E-state index contributed by atoms with van der Waals surface area (Å²) < 4.78 is 0. The topological polar surface area (TPSA) is 104 Å². The Kier molecular flexibility index (Phi) is 5.71. The SMILES string of the molecule is CC[C@H](C)[C@H](N)C(=O)N(C)[C@@H](C)C(=O)N1CC[C@H]1C(=O)O. The number of nitrogens with zero attached hydrogens (tertiary/aromatic N) is 2. The van der Waals surface area contributed by atoms with E-state index in [0.717, 1.165) is 6.42 Å². The molecule has 0 aromatic rings. The smallest absolute Gasteiger partial charge is 0.326 e. The van der Waals surface area contributed by atoms with Crippen molar-refractivity contribution in [2.75, 3.05) is 13.6 Å². The minimum absolute atomic E-state index is 0.0260. The van der Waals surface area contributed by atoms with Crippen LogP contribution in [0.4, 0.5) is 0 Å². The minimum atomic E-state index is -1.01. The lowest BCUT2D eigenvalue weighted by molar-refractivity contribution is -0.160. The number of likely N-dealkylation sites (N-methyl/N-ethyl adjacent to an activating group) is 1. The quantitative estimate of drug-likeness (QED) is 0.712. The van der Waals surface area contributed by atoms with Crippen LogP contribution in [-0.4, -0.2) is 64.4 Å². The van der Waals surface area contributed by atoms with Crippen molar-refractivity contribution < 1.29 is 19.5 Å². The highest BCUT2D eigenvalue weighted by atomic mass is 16.4. The van der Waals surface area contributed by atoms with Crippen LogP contribution in [0, 0.1) is 5.92 Å². The Bertz CT molecular complexity index is 426. The van der Waals surface area contributed by atoms with Gasteiger partial charge >= 0.3 is 5.97 Å². The van der Waals surface area contributed by atoms with E-state index in [4.69, 9.17) is 10.8 Å². The Balaban J connectivity index is 2.69. The van der Waals surface area contributed by atoms with Gasteiger partial charge in [0.05, 0.1) is 6.04 Å². The second kappa shape index (κ2) is 6.89. The molecule has 1 heterocycles. The molecule has 0 aliphatic carbocycles. The van der Waals surface area contributed by atoms with Crippen molar-refractivity contribution in [2.24, 2.45) is 11.7 Å². The van der Waals surface area contributed by atoms with E-state index in [-0.39, 0.29) is 17.7 Å². The maximum absolute atomic E-state index is 12.3. The first-order valence-electron chi connectivity index (χ1n) is 7.27. The molecule has 21 heavy (non-hydrogen) atoms. The fourth-order valence-electron chi connectivity index (χ4n) is 2.24. The molecule has 0 aromatic heterocycles. The third-order valence-electron chi connectivity index (χ3n) is 4.42. The molecule has 1 saturated heterocycles. The van der Waals surface area contributed by atoms with Gasteiger partial charge in [0.2, 0.25) is 11.8 Å². The van der Waals surface area contributed by atoms with E-state index in [1.165, 1.54) is 16.8 Å². The molecule has 0 aromatic carbocycles. The van der Waals surface area contributed by atoms with E-state index in [2.05, 4.69) is 0 Å². The zero-order chi connectivity index (χ0) is 16.3. The maximum atomic E-state index is 12.3. The van der Waals surface area contributed by atoms with Gasteiger partial charge in [0.25, 0.3) is 0 Å². The molecule has 0 unspecified atom stereocenters. The van der Waals surface area contributed by atoms with Gasteiger partial charge in [-0.05, 0) is 19.3 Å². The monoisotopic (exact) mass is 299 g/mol. The van der Waals surface area contributed by atoms with Crippen LogP contribution in [0.2, 0.25) is 0 Å². The van der Waals surface area contributed by atoms with Crippen molar-refractivity contribution in [3.63, 3.8) is 0 Å². The standard InChI is InChI=1S/C14H25N3O4/c1-5-8(2)11(15)13(19)16(4)9(3)12(18)17-7-6-10(17)14(20)21/h8-11H,5-7,15H2,1-4H3,(H,20,21)/t8-,9-,10-,11-/m0/s1. The normalized spacial score (nSPS) is 22.0. The number of carbonyl (C=O) groups is 3. The zero-order valence-corrected chi connectivity index (χ0v) is 13.1. The molecule has 0 spiro atoms. The lowest BCUT2D eigenvalue weighted by Gasteiger charge is -2.41. The van der Waals surface area contributed by atoms with Gasteiger partial charge in [-0.2, -0.15) is 0 Å². The molecule has 3 N–H and O–H groups in total. The van der Waals surface area contributed by atoms with Crippen LogP contribution in [0.3, 0.4) is 0 Å². The first-order chi connectivity index (χ1) is 9.72. The Morgan fingerprint density at radius 2 is 1.95 bits per heavy atom. The minimum Gasteiger partial charge on any atom is -0.480 e. The summed E-state index contributed by atoms with van der Waals surface area (Å²) in [6.45, 7) is 5.85. The number of carbonyl (C=O) groups excluding carboxylic acids is 2. The number of hydrogen-bond acceptors (Lipinski definition) is 4. The van der Waals surface area contributed by atoms with Crippen LogP contribution >= 0.6 is 0 Å². The lowest BCUT2D eigenvalue weighted by Crippen LogP contribution is -2.61. The molecular formula is C14H25N3O4. The predicted octanol–water partition coefficient (Wildman–Crippen LogP) is -0.108. The van der Waals surface area contributed by atoms with Crippen LogP contribution in [0.25, 0.3) is 0 Å². The number of carboxylic acid groups (broad SMARTS) is 1. The number of likely N-dealkylation sites (tertiary alicyclic amines) is 1. The highest BCUT2D eigenvalue weighted by Gasteiger charge is 2.41. The highest BCUT2D eigenvalue weighted by molar-refractivity contribution is 5.92. The number of nitrogens with two attached hydrogens (primary N) is 1. The zero-order valence-electron chi connectivity index (χ0n) is 13.1. The second-order valence-corrected chi connectivity index (χ2v) is 5.71. The molecule has 1 aliphatic heterocycles. The van der Waals surface area contributed by atoms with Gasteiger partial charge in [0.1, 0.15) is 12.1 Å². The first kappa shape index (κ1) is 17.4. The molecule has 0 bridgehead atoms. The van der Waals surface area contributed by atoms with E-state index in [1.54, 1.807) is 6.92 Å². The van der Waals surface area contributed by atoms with Gasteiger partial charge in [-0.3, -0.25) is 9.59 Å². The molecule has 4 atom stereocenters. The molecule has 0 saturated carbocycles. The Morgan fingerprint density at radius 3 is 2.33 bits per heavy atom. The van der Waals surface area contributed by atoms with E-state index >= 15 is 0 Å². The molecule has 120 valence electrons. The number of carboxylic acids is 1. The number of amides is 2. The molecule has 2 amide bonds. The molecule has 1 aliphatic rings. The average Bonchev–Trinajstić information content (AvgIpc) is 2.41. The fourth-order valence-corrected chi connectivity index (χ4v) is 2.24. The number of aliphatic carboxylic acids is 1. The molecule has 0 radical (unpaired) electrons. The summed E-state index contributed by atoms with van der Waals surface area (Å²) >= 11 is 0. The van der Waals surface area contributed by atoms with Crippen LogP contribution in [0.15, 0.2) is 0 Å². The Labute approximate surface area is 125 Å². The van der Waals surface area contributed by atoms with E-state index in [0.29, 0.717) is 13.0 Å². The second-order valence-electron chi connectivity index (χ2n) is 5.71. The van der Waals surface area contributed by atoms with Crippen molar-refractivity contribution in [1.82, 2.24) is 9.80 Å². The molecule has 1 fully saturated rings. The van der Waals surface area contributed by atoms with Crippen molar-refractivity contribution in [3.8, 4) is 0 Å². The predicted molar refractivity (Wildman–Crippen MR) is 77.4 cm³/mol. The fraction of sp³-hybridized carbons (Fsp3) is 0.786. The lowest BCUT2D eigenvalue weighted by atomic mass is 9.98. The third-order valence-corrected chi connectivity index (χ3v) is 4.42. The van der Waals surface area contributed by atoms with Gasteiger partial charge in [-0.1, -0.05) is 20.3 Å². The summed E-state index contributed by atoms with van der Waals surface area (Å²) in [6.07, 6.45) is 1.23. The van der Waals surface area contributed by atoms with Crippen LogP contribution < -0.4 is 5.73 Å². The Hall–Kier alpha value is -1.63. The van der Waals surface area contributed by atoms with E-state index < -0.39 is 24.1 Å². The van der Waals surface area contributed by atoms with Gasteiger partial charge in [0.15, 0.2) is 0 Å². The molecule has 7 nitrogen and oxygen atoms in total. The molecule has 7 heteroatoms. The third kappa shape index (κ3) is 3.53. The van der Waals surface area contributed by atoms with Gasteiger partial charge in [-0.15, -0.1) is 0 Å². The van der Waals surface area contributed by atoms with Crippen molar-refractivity contribution in [3.05, 3.63) is 0 Å². The number of hydrogen-bond donors (Lipinski definition) is 2. The van der Waals surface area contributed by atoms with Crippen molar-refractivity contribution in [1.29, 1.82) is 0 Å². The summed E-state index contributed by atoms with van der Waals surface area (Å²) in [4.78, 5) is 38.1. The summed E-state index contributed by atoms with van der Waals surface area (Å²) in [6, 6.07) is -2.14. The van der Waals surface area contributed by atoms with Gasteiger partial charge in [-0.25, -0.2) is 4.79 Å². The average molecular weight is 299 g/mol. The molecule has 1 rings (SSSR count). The summed E-state index contributed by atoms with van der Waals surface area (Å²) in [5.74, 6) is -1.62. The van der Waals surface area contributed by atoms with Gasteiger partial charge < -0.3 is 20.6 Å². The Morgan fingerprint density at radius 1 is 1.38 bits per heavy atom. The van der Waals surface area contributed by atoms with Crippen LogP contribution in [-0.2, 0) is 14.4 Å². The summed E-state index contributed by atoms with van der Waals surface area (Å²) in [7, 11) is 1.53. The van der Waals surface area contributed by atoms with E-state index in [9.17, 15) is 14.4 Å². The number of rotatable bonds is 6. The van der Waals surface area contributed by atoms with Crippen LogP contribution in [0.1, 0.15) is 33.6 Å². The molecular weight excluding hydrogens is 274 g/mol. The van der Waals surface area contributed by atoms with E-state index in [1.807, 2.05) is 13.8 Å². The highest BCUT2D eigenvalue weighted by Crippen LogP contribution is 2.20. The summed E-state index contributed by atoms with van der Waals surface area (Å²) in [5.41, 5.74) is 5.90. The summed E-state index contributed by atoms with van der Waals surface area (Å²) in [5, 5.41) is 8.98. The van der Waals surface area contributed by atoms with Crippen molar-refractivity contribution in [2.45, 2.75) is 51.7 Å². The maximum Gasteiger partial charge on any atom is 0.326 e.